The Bertz CT molecular complexity index is 481. The van der Waals surface area contributed by atoms with Gasteiger partial charge in [0.15, 0.2) is 5.01 Å². The summed E-state index contributed by atoms with van der Waals surface area (Å²) in [5.41, 5.74) is 0. The van der Waals surface area contributed by atoms with Gasteiger partial charge in [-0.15, -0.1) is 21.5 Å². The van der Waals surface area contributed by atoms with Gasteiger partial charge in [0.2, 0.25) is 0 Å². The highest BCUT2D eigenvalue weighted by Crippen LogP contribution is 2.36. The number of nitrogens with one attached hydrogen (secondary N) is 1. The SMILES string of the molecule is CCCNC(C)c1nnc(-c2sccc2Br)s1. The molecule has 2 aromatic rings. The quantitative estimate of drug-likeness (QED) is 0.896. The highest BCUT2D eigenvalue weighted by Gasteiger charge is 2.14. The highest BCUT2D eigenvalue weighted by atomic mass is 79.9. The van der Waals surface area contributed by atoms with Crippen molar-refractivity contribution in [2.45, 2.75) is 26.3 Å². The molecule has 1 N–H and O–H groups in total. The van der Waals surface area contributed by atoms with E-state index in [2.05, 4.69) is 50.7 Å². The molecule has 1 unspecified atom stereocenters. The second kappa shape index (κ2) is 6.04. The van der Waals surface area contributed by atoms with E-state index in [0.717, 1.165) is 32.3 Å². The summed E-state index contributed by atoms with van der Waals surface area (Å²) >= 11 is 6.87. The molecule has 17 heavy (non-hydrogen) atoms. The van der Waals surface area contributed by atoms with Crippen LogP contribution in [-0.4, -0.2) is 16.7 Å². The van der Waals surface area contributed by atoms with Crippen molar-refractivity contribution in [1.29, 1.82) is 0 Å². The molecule has 0 aliphatic carbocycles. The third kappa shape index (κ3) is 3.13. The van der Waals surface area contributed by atoms with E-state index in [4.69, 9.17) is 0 Å². The van der Waals surface area contributed by atoms with Gasteiger partial charge >= 0.3 is 0 Å². The molecule has 0 saturated carbocycles. The lowest BCUT2D eigenvalue weighted by Crippen LogP contribution is -2.18. The second-order valence-corrected chi connectivity index (χ2v) is 6.50. The Morgan fingerprint density at radius 2 is 2.29 bits per heavy atom. The Morgan fingerprint density at radius 1 is 1.47 bits per heavy atom. The van der Waals surface area contributed by atoms with E-state index in [9.17, 15) is 0 Å². The third-order valence-electron chi connectivity index (χ3n) is 2.32. The van der Waals surface area contributed by atoms with Gasteiger partial charge in [-0.3, -0.25) is 0 Å². The molecule has 2 rings (SSSR count). The maximum Gasteiger partial charge on any atom is 0.159 e. The molecule has 0 aliphatic heterocycles. The van der Waals surface area contributed by atoms with E-state index < -0.39 is 0 Å². The number of halogens is 1. The molecular formula is C11H14BrN3S2. The van der Waals surface area contributed by atoms with E-state index in [1.165, 1.54) is 0 Å². The van der Waals surface area contributed by atoms with Gasteiger partial charge in [0.1, 0.15) is 5.01 Å². The van der Waals surface area contributed by atoms with E-state index in [1.54, 1.807) is 22.7 Å². The fourth-order valence-electron chi connectivity index (χ4n) is 1.40. The fourth-order valence-corrected chi connectivity index (χ4v) is 4.06. The van der Waals surface area contributed by atoms with Crippen molar-refractivity contribution < 1.29 is 0 Å². The number of hydrogen-bond donors (Lipinski definition) is 1. The van der Waals surface area contributed by atoms with Gasteiger partial charge < -0.3 is 5.32 Å². The number of nitrogens with zero attached hydrogens (tertiary/aromatic N) is 2. The minimum absolute atomic E-state index is 0.278. The summed E-state index contributed by atoms with van der Waals surface area (Å²) in [7, 11) is 0. The first-order chi connectivity index (χ1) is 8.22. The molecule has 0 spiro atoms. The molecule has 0 bridgehead atoms. The van der Waals surface area contributed by atoms with Crippen LogP contribution in [0.2, 0.25) is 0 Å². The minimum Gasteiger partial charge on any atom is -0.308 e. The zero-order valence-electron chi connectivity index (χ0n) is 9.74. The first-order valence-electron chi connectivity index (χ1n) is 5.52. The standard InChI is InChI=1S/C11H14BrN3S2/c1-3-5-13-7(2)10-14-15-11(17-10)9-8(12)4-6-16-9/h4,6-7,13H,3,5H2,1-2H3. The molecule has 1 atom stereocenters. The van der Waals surface area contributed by atoms with Crippen LogP contribution < -0.4 is 5.32 Å². The van der Waals surface area contributed by atoms with Crippen LogP contribution in [0, 0.1) is 0 Å². The molecular weight excluding hydrogens is 318 g/mol. The van der Waals surface area contributed by atoms with Crippen LogP contribution in [0.5, 0.6) is 0 Å². The smallest absolute Gasteiger partial charge is 0.159 e. The number of hydrogen-bond acceptors (Lipinski definition) is 5. The number of rotatable bonds is 5. The van der Waals surface area contributed by atoms with Gasteiger partial charge in [-0.25, -0.2) is 0 Å². The summed E-state index contributed by atoms with van der Waals surface area (Å²) in [6.07, 6.45) is 1.13. The lowest BCUT2D eigenvalue weighted by atomic mass is 10.3. The van der Waals surface area contributed by atoms with Gasteiger partial charge in [-0.1, -0.05) is 18.3 Å². The van der Waals surface area contributed by atoms with Gasteiger partial charge in [0.05, 0.1) is 10.9 Å². The van der Waals surface area contributed by atoms with Crippen LogP contribution in [-0.2, 0) is 0 Å². The molecule has 3 nitrogen and oxygen atoms in total. The van der Waals surface area contributed by atoms with Gasteiger partial charge in [-0.05, 0) is 47.3 Å². The van der Waals surface area contributed by atoms with E-state index >= 15 is 0 Å². The summed E-state index contributed by atoms with van der Waals surface area (Å²) in [6.45, 7) is 5.30. The predicted octanol–water partition coefficient (Wildman–Crippen LogP) is 4.09. The molecule has 0 aliphatic rings. The Kier molecular flexibility index (Phi) is 4.67. The van der Waals surface area contributed by atoms with Crippen molar-refractivity contribution in [3.05, 3.63) is 20.9 Å². The molecule has 0 radical (unpaired) electrons. The van der Waals surface area contributed by atoms with E-state index in [-0.39, 0.29) is 6.04 Å². The topological polar surface area (TPSA) is 37.8 Å². The molecule has 92 valence electrons. The molecule has 0 aromatic carbocycles. The molecule has 6 heteroatoms. The zero-order valence-corrected chi connectivity index (χ0v) is 13.0. The van der Waals surface area contributed by atoms with Crippen molar-refractivity contribution in [2.24, 2.45) is 0 Å². The average Bonchev–Trinajstić information content (AvgIpc) is 2.93. The monoisotopic (exact) mass is 331 g/mol. The van der Waals surface area contributed by atoms with Crippen molar-refractivity contribution in [2.75, 3.05) is 6.54 Å². The van der Waals surface area contributed by atoms with Crippen molar-refractivity contribution in [3.63, 3.8) is 0 Å². The van der Waals surface area contributed by atoms with Crippen molar-refractivity contribution in [3.8, 4) is 9.88 Å². The number of aromatic nitrogens is 2. The number of thiophene rings is 1. The van der Waals surface area contributed by atoms with Crippen LogP contribution in [0.4, 0.5) is 0 Å². The highest BCUT2D eigenvalue weighted by molar-refractivity contribution is 9.10. The summed E-state index contributed by atoms with van der Waals surface area (Å²) < 4.78 is 1.10. The van der Waals surface area contributed by atoms with E-state index in [0.29, 0.717) is 0 Å². The maximum absolute atomic E-state index is 4.26. The Morgan fingerprint density at radius 3 is 2.94 bits per heavy atom. The normalized spacial score (nSPS) is 12.9. The summed E-state index contributed by atoms with van der Waals surface area (Å²) in [5, 5.41) is 16.0. The van der Waals surface area contributed by atoms with Crippen LogP contribution in [0.3, 0.4) is 0 Å². The van der Waals surface area contributed by atoms with Gasteiger partial charge in [0.25, 0.3) is 0 Å². The lowest BCUT2D eigenvalue weighted by molar-refractivity contribution is 0.564. The Hall–Kier alpha value is -0.300. The molecule has 0 saturated heterocycles. The van der Waals surface area contributed by atoms with Gasteiger partial charge in [-0.2, -0.15) is 0 Å². The molecule has 0 amide bonds. The summed E-state index contributed by atoms with van der Waals surface area (Å²) in [5.74, 6) is 0. The fraction of sp³-hybridized carbons (Fsp3) is 0.455. The summed E-state index contributed by atoms with van der Waals surface area (Å²) in [6, 6.07) is 2.32. The Labute approximate surface area is 117 Å². The maximum atomic E-state index is 4.26. The second-order valence-electron chi connectivity index (χ2n) is 3.72. The predicted molar refractivity (Wildman–Crippen MR) is 77.6 cm³/mol. The van der Waals surface area contributed by atoms with Crippen LogP contribution in [0.25, 0.3) is 9.88 Å². The summed E-state index contributed by atoms with van der Waals surface area (Å²) in [4.78, 5) is 1.16. The first kappa shape index (κ1) is 13.1. The third-order valence-corrected chi connectivity index (χ3v) is 5.42. The Balaban J connectivity index is 2.13. The van der Waals surface area contributed by atoms with Gasteiger partial charge in [0, 0.05) is 4.47 Å². The minimum atomic E-state index is 0.278. The van der Waals surface area contributed by atoms with Crippen LogP contribution in [0.15, 0.2) is 15.9 Å². The average molecular weight is 332 g/mol. The van der Waals surface area contributed by atoms with Crippen LogP contribution >= 0.6 is 38.6 Å². The van der Waals surface area contributed by atoms with Crippen LogP contribution in [0.1, 0.15) is 31.3 Å². The van der Waals surface area contributed by atoms with Crippen molar-refractivity contribution >= 4 is 38.6 Å². The molecule has 2 aromatic heterocycles. The lowest BCUT2D eigenvalue weighted by Gasteiger charge is -2.08. The zero-order chi connectivity index (χ0) is 12.3. The first-order valence-corrected chi connectivity index (χ1v) is 8.01. The van der Waals surface area contributed by atoms with E-state index in [1.807, 2.05) is 6.07 Å². The van der Waals surface area contributed by atoms with Crippen molar-refractivity contribution in [1.82, 2.24) is 15.5 Å². The molecule has 0 fully saturated rings. The molecule has 2 heterocycles. The largest absolute Gasteiger partial charge is 0.308 e.